The fraction of sp³-hybridized carbons (Fsp3) is 0.625. The molecular weight excluding hydrogens is 222 g/mol. The molecule has 1 N–H and O–H groups in total. The van der Waals surface area contributed by atoms with Crippen molar-refractivity contribution in [1.82, 2.24) is 5.32 Å². The van der Waals surface area contributed by atoms with Crippen LogP contribution in [0.2, 0.25) is 0 Å². The minimum atomic E-state index is 0.237. The lowest BCUT2D eigenvalue weighted by Crippen LogP contribution is -2.16. The zero-order valence-corrected chi connectivity index (χ0v) is 12.2. The van der Waals surface area contributed by atoms with E-state index in [9.17, 15) is 0 Å². The molecule has 0 amide bonds. The first-order valence-corrected chi connectivity index (χ1v) is 7.11. The van der Waals surface area contributed by atoms with Crippen molar-refractivity contribution in [3.05, 3.63) is 29.8 Å². The lowest BCUT2D eigenvalue weighted by atomic mass is 10.0. The molecule has 0 aliphatic rings. The van der Waals surface area contributed by atoms with Crippen LogP contribution in [-0.2, 0) is 0 Å². The van der Waals surface area contributed by atoms with Crippen molar-refractivity contribution in [3.63, 3.8) is 0 Å². The summed E-state index contributed by atoms with van der Waals surface area (Å²) in [7, 11) is 2.04. The van der Waals surface area contributed by atoms with Crippen LogP contribution < -0.4 is 10.1 Å². The molecular formula is C16H27NO. The molecule has 2 heteroatoms. The monoisotopic (exact) mass is 249 g/mol. The Morgan fingerprint density at radius 2 is 1.78 bits per heavy atom. The Kier molecular flexibility index (Phi) is 6.81. The highest BCUT2D eigenvalue weighted by molar-refractivity contribution is 5.29. The highest BCUT2D eigenvalue weighted by atomic mass is 16.5. The predicted octanol–water partition coefficient (Wildman–Crippen LogP) is 4.31. The summed E-state index contributed by atoms with van der Waals surface area (Å²) in [4.78, 5) is 0. The molecule has 0 saturated heterocycles. The molecule has 0 fully saturated rings. The number of rotatable bonds is 8. The second-order valence-corrected chi connectivity index (χ2v) is 5.07. The van der Waals surface area contributed by atoms with Crippen LogP contribution in [0.4, 0.5) is 0 Å². The largest absolute Gasteiger partial charge is 0.491 e. The zero-order chi connectivity index (χ0) is 13.4. The van der Waals surface area contributed by atoms with E-state index in [1.165, 1.54) is 31.2 Å². The molecule has 0 heterocycles. The maximum atomic E-state index is 5.66. The molecule has 2 nitrogen and oxygen atoms in total. The third kappa shape index (κ3) is 5.09. The smallest absolute Gasteiger partial charge is 0.119 e. The Morgan fingerprint density at radius 3 is 2.28 bits per heavy atom. The summed E-state index contributed by atoms with van der Waals surface area (Å²) in [6.45, 7) is 6.34. The van der Waals surface area contributed by atoms with Gasteiger partial charge in [-0.15, -0.1) is 0 Å². The van der Waals surface area contributed by atoms with Gasteiger partial charge in [-0.25, -0.2) is 0 Å². The van der Waals surface area contributed by atoms with E-state index >= 15 is 0 Å². The normalized spacial score (nSPS) is 12.7. The van der Waals surface area contributed by atoms with Crippen LogP contribution in [0.1, 0.15) is 58.1 Å². The summed E-state index contributed by atoms with van der Waals surface area (Å²) >= 11 is 0. The first-order chi connectivity index (χ1) is 8.67. The van der Waals surface area contributed by atoms with E-state index in [1.807, 2.05) is 7.05 Å². The average Bonchev–Trinajstić information content (AvgIpc) is 2.35. The Labute approximate surface area is 112 Å². The van der Waals surface area contributed by atoms with Crippen LogP contribution in [0.25, 0.3) is 0 Å². The van der Waals surface area contributed by atoms with Crippen LogP contribution in [-0.4, -0.2) is 13.2 Å². The Morgan fingerprint density at radius 1 is 1.11 bits per heavy atom. The summed E-state index contributed by atoms with van der Waals surface area (Å²) in [5.74, 6) is 0.956. The number of hydrogen-bond acceptors (Lipinski definition) is 2. The average molecular weight is 249 g/mol. The number of ether oxygens (including phenoxy) is 1. The van der Waals surface area contributed by atoms with Gasteiger partial charge in [-0.1, -0.05) is 38.3 Å². The van der Waals surface area contributed by atoms with Crippen molar-refractivity contribution >= 4 is 0 Å². The van der Waals surface area contributed by atoms with Crippen molar-refractivity contribution < 1.29 is 4.74 Å². The maximum absolute atomic E-state index is 5.66. The van der Waals surface area contributed by atoms with Gasteiger partial charge in [-0.3, -0.25) is 0 Å². The topological polar surface area (TPSA) is 21.3 Å². The summed E-state index contributed by atoms with van der Waals surface area (Å²) in [5.41, 5.74) is 1.35. The van der Waals surface area contributed by atoms with Gasteiger partial charge < -0.3 is 10.1 Å². The molecule has 1 unspecified atom stereocenters. The second-order valence-electron chi connectivity index (χ2n) is 5.07. The lowest BCUT2D eigenvalue weighted by Gasteiger charge is -2.17. The van der Waals surface area contributed by atoms with Crippen LogP contribution in [0, 0.1) is 0 Å². The third-order valence-electron chi connectivity index (χ3n) is 3.10. The Balaban J connectivity index is 2.57. The van der Waals surface area contributed by atoms with Gasteiger partial charge >= 0.3 is 0 Å². The van der Waals surface area contributed by atoms with Gasteiger partial charge in [-0.2, -0.15) is 0 Å². The van der Waals surface area contributed by atoms with Crippen LogP contribution in [0.15, 0.2) is 24.3 Å². The standard InChI is InChI=1S/C16H27NO/c1-5-6-7-8-16(17-4)14-9-11-15(12-10-14)18-13(2)3/h9-13,16-17H,5-8H2,1-4H3. The van der Waals surface area contributed by atoms with Crippen molar-refractivity contribution in [2.75, 3.05) is 7.05 Å². The fourth-order valence-corrected chi connectivity index (χ4v) is 2.13. The summed E-state index contributed by atoms with van der Waals surface area (Å²) in [6.07, 6.45) is 5.31. The van der Waals surface area contributed by atoms with Crippen LogP contribution in [0.5, 0.6) is 5.75 Å². The lowest BCUT2D eigenvalue weighted by molar-refractivity contribution is 0.242. The Bertz CT molecular complexity index is 318. The molecule has 1 aromatic rings. The highest BCUT2D eigenvalue weighted by Gasteiger charge is 2.08. The third-order valence-corrected chi connectivity index (χ3v) is 3.10. The number of benzene rings is 1. The van der Waals surface area contributed by atoms with Crippen LogP contribution >= 0.6 is 0 Å². The molecule has 1 atom stereocenters. The second kappa shape index (κ2) is 8.15. The summed E-state index contributed by atoms with van der Waals surface area (Å²) < 4.78 is 5.66. The molecule has 0 bridgehead atoms. The molecule has 0 aliphatic heterocycles. The van der Waals surface area contributed by atoms with Gasteiger partial charge in [0, 0.05) is 6.04 Å². The van der Waals surface area contributed by atoms with Crippen LogP contribution in [0.3, 0.4) is 0 Å². The van der Waals surface area contributed by atoms with Gasteiger partial charge in [0.1, 0.15) is 5.75 Å². The first-order valence-electron chi connectivity index (χ1n) is 7.11. The number of nitrogens with one attached hydrogen (secondary N) is 1. The summed E-state index contributed by atoms with van der Waals surface area (Å²) in [5, 5.41) is 3.40. The molecule has 0 radical (unpaired) electrons. The van der Waals surface area contributed by atoms with Gasteiger partial charge in [0.15, 0.2) is 0 Å². The molecule has 102 valence electrons. The van der Waals surface area contributed by atoms with Gasteiger partial charge in [0.25, 0.3) is 0 Å². The number of unbranched alkanes of at least 4 members (excludes halogenated alkanes) is 2. The predicted molar refractivity (Wildman–Crippen MR) is 78.1 cm³/mol. The molecule has 0 saturated carbocycles. The quantitative estimate of drug-likeness (QED) is 0.693. The van der Waals surface area contributed by atoms with Crippen molar-refractivity contribution in [2.24, 2.45) is 0 Å². The Hall–Kier alpha value is -1.02. The summed E-state index contributed by atoms with van der Waals surface area (Å²) in [6, 6.07) is 8.94. The van der Waals surface area contributed by atoms with E-state index in [1.54, 1.807) is 0 Å². The van der Waals surface area contributed by atoms with Gasteiger partial charge in [-0.05, 0) is 45.0 Å². The van der Waals surface area contributed by atoms with E-state index in [4.69, 9.17) is 4.74 Å². The zero-order valence-electron chi connectivity index (χ0n) is 12.2. The molecule has 1 aromatic carbocycles. The van der Waals surface area contributed by atoms with E-state index in [0.29, 0.717) is 6.04 Å². The molecule has 1 rings (SSSR count). The first kappa shape index (κ1) is 15.0. The molecule has 18 heavy (non-hydrogen) atoms. The van der Waals surface area contributed by atoms with Crippen molar-refractivity contribution in [1.29, 1.82) is 0 Å². The highest BCUT2D eigenvalue weighted by Crippen LogP contribution is 2.22. The molecule has 0 aliphatic carbocycles. The minimum Gasteiger partial charge on any atom is -0.491 e. The SMILES string of the molecule is CCCCCC(NC)c1ccc(OC(C)C)cc1. The minimum absolute atomic E-state index is 0.237. The van der Waals surface area contributed by atoms with E-state index in [0.717, 1.165) is 5.75 Å². The maximum Gasteiger partial charge on any atom is 0.119 e. The van der Waals surface area contributed by atoms with Gasteiger partial charge in [0.05, 0.1) is 6.10 Å². The van der Waals surface area contributed by atoms with Gasteiger partial charge in [0.2, 0.25) is 0 Å². The number of hydrogen-bond donors (Lipinski definition) is 1. The van der Waals surface area contributed by atoms with Crippen molar-refractivity contribution in [2.45, 2.75) is 58.6 Å². The molecule has 0 spiro atoms. The van der Waals surface area contributed by atoms with E-state index in [2.05, 4.69) is 50.4 Å². The van der Waals surface area contributed by atoms with E-state index < -0.39 is 0 Å². The fourth-order valence-electron chi connectivity index (χ4n) is 2.13. The van der Waals surface area contributed by atoms with Crippen molar-refractivity contribution in [3.8, 4) is 5.75 Å². The van der Waals surface area contributed by atoms with E-state index in [-0.39, 0.29) is 6.10 Å². The molecule has 0 aromatic heterocycles.